The number of carbonyl (C=O) groups is 1. The number of hydrogen-bond acceptors (Lipinski definition) is 4. The maximum Gasteiger partial charge on any atom is 0.305 e. The average Bonchev–Trinajstić information content (AvgIpc) is 2.39. The molecular weight excluding hydrogens is 230 g/mol. The second kappa shape index (κ2) is 7.48. The van der Waals surface area contributed by atoms with E-state index in [0.29, 0.717) is 19.4 Å². The summed E-state index contributed by atoms with van der Waals surface area (Å²) in [5.74, 6) is 0.663. The van der Waals surface area contributed by atoms with Crippen LogP contribution in [0.25, 0.3) is 0 Å². The molecule has 4 heteroatoms. The van der Waals surface area contributed by atoms with Gasteiger partial charge in [-0.3, -0.25) is 9.79 Å². The third kappa shape index (κ3) is 4.20. The summed E-state index contributed by atoms with van der Waals surface area (Å²) < 4.78 is 9.79. The Hall–Kier alpha value is -1.84. The molecule has 0 aliphatic heterocycles. The highest BCUT2D eigenvalue weighted by Gasteiger charge is 2.01. The van der Waals surface area contributed by atoms with Crippen LogP contribution < -0.4 is 4.74 Å². The number of carbonyl (C=O) groups excluding carboxylic acids is 1. The summed E-state index contributed by atoms with van der Waals surface area (Å²) >= 11 is 0. The van der Waals surface area contributed by atoms with Crippen LogP contribution in [0.4, 0.5) is 0 Å². The van der Waals surface area contributed by atoms with E-state index >= 15 is 0 Å². The molecular formula is C14H19NO3. The second-order valence-electron chi connectivity index (χ2n) is 3.89. The molecule has 4 nitrogen and oxygen atoms in total. The van der Waals surface area contributed by atoms with Gasteiger partial charge in [-0.15, -0.1) is 0 Å². The Kier molecular flexibility index (Phi) is 5.91. The molecule has 0 heterocycles. The van der Waals surface area contributed by atoms with Crippen molar-refractivity contribution in [3.8, 4) is 5.75 Å². The Morgan fingerprint density at radius 3 is 2.83 bits per heavy atom. The van der Waals surface area contributed by atoms with Crippen molar-refractivity contribution in [2.45, 2.75) is 19.8 Å². The first-order chi connectivity index (χ1) is 8.69. The van der Waals surface area contributed by atoms with Gasteiger partial charge in [0.15, 0.2) is 0 Å². The lowest BCUT2D eigenvalue weighted by Gasteiger charge is -2.06. The third-order valence-corrected chi connectivity index (χ3v) is 2.67. The number of ether oxygens (including phenoxy) is 2. The number of benzene rings is 1. The summed E-state index contributed by atoms with van der Waals surface area (Å²) in [7, 11) is 3.05. The molecule has 0 radical (unpaired) electrons. The van der Waals surface area contributed by atoms with Crippen molar-refractivity contribution in [2.24, 2.45) is 4.99 Å². The zero-order valence-corrected chi connectivity index (χ0v) is 11.1. The fraction of sp³-hybridized carbons (Fsp3) is 0.429. The molecule has 1 rings (SSSR count). The maximum atomic E-state index is 10.9. The van der Waals surface area contributed by atoms with Crippen LogP contribution in [0.1, 0.15) is 24.0 Å². The van der Waals surface area contributed by atoms with Crippen LogP contribution in [0.3, 0.4) is 0 Å². The fourth-order valence-electron chi connectivity index (χ4n) is 1.57. The van der Waals surface area contributed by atoms with E-state index in [0.717, 1.165) is 16.9 Å². The number of aliphatic imine (C=N–C) groups is 1. The van der Waals surface area contributed by atoms with Gasteiger partial charge < -0.3 is 9.47 Å². The zero-order valence-electron chi connectivity index (χ0n) is 11.1. The van der Waals surface area contributed by atoms with Crippen molar-refractivity contribution < 1.29 is 14.3 Å². The summed E-state index contributed by atoms with van der Waals surface area (Å²) in [6.45, 7) is 2.61. The lowest BCUT2D eigenvalue weighted by atomic mass is 10.1. The number of methoxy groups -OCH3 is 2. The minimum absolute atomic E-state index is 0.192. The van der Waals surface area contributed by atoms with E-state index in [9.17, 15) is 4.79 Å². The Morgan fingerprint density at radius 2 is 2.17 bits per heavy atom. The van der Waals surface area contributed by atoms with Crippen LogP contribution in [-0.2, 0) is 9.53 Å². The quantitative estimate of drug-likeness (QED) is 0.442. The molecule has 1 aromatic carbocycles. The van der Waals surface area contributed by atoms with Crippen LogP contribution in [0, 0.1) is 6.92 Å². The summed E-state index contributed by atoms with van der Waals surface area (Å²) in [6.07, 6.45) is 2.92. The molecule has 98 valence electrons. The largest absolute Gasteiger partial charge is 0.496 e. The van der Waals surface area contributed by atoms with Crippen molar-refractivity contribution in [3.63, 3.8) is 0 Å². The summed E-state index contributed by atoms with van der Waals surface area (Å²) in [4.78, 5) is 15.2. The SMILES string of the molecule is COC(=O)CCCN=Cc1cccc(OC)c1C. The van der Waals surface area contributed by atoms with E-state index < -0.39 is 0 Å². The molecule has 0 bridgehead atoms. The molecule has 0 amide bonds. The van der Waals surface area contributed by atoms with Crippen LogP contribution in [0.2, 0.25) is 0 Å². The maximum absolute atomic E-state index is 10.9. The van der Waals surface area contributed by atoms with Crippen molar-refractivity contribution in [3.05, 3.63) is 29.3 Å². The second-order valence-corrected chi connectivity index (χ2v) is 3.89. The number of hydrogen-bond donors (Lipinski definition) is 0. The minimum Gasteiger partial charge on any atom is -0.496 e. The van der Waals surface area contributed by atoms with Crippen molar-refractivity contribution in [1.82, 2.24) is 0 Å². The molecule has 0 aliphatic carbocycles. The van der Waals surface area contributed by atoms with Gasteiger partial charge in [0.2, 0.25) is 0 Å². The van der Waals surface area contributed by atoms with Crippen LogP contribution in [0.15, 0.2) is 23.2 Å². The number of esters is 1. The lowest BCUT2D eigenvalue weighted by molar-refractivity contribution is -0.140. The monoisotopic (exact) mass is 249 g/mol. The van der Waals surface area contributed by atoms with E-state index in [1.165, 1.54) is 7.11 Å². The van der Waals surface area contributed by atoms with Gasteiger partial charge in [-0.05, 0) is 30.5 Å². The molecule has 0 saturated carbocycles. The normalized spacial score (nSPS) is 10.6. The predicted octanol–water partition coefficient (Wildman–Crippen LogP) is 2.38. The molecule has 0 unspecified atom stereocenters. The van der Waals surface area contributed by atoms with Gasteiger partial charge in [0, 0.05) is 19.2 Å². The highest BCUT2D eigenvalue weighted by molar-refractivity contribution is 5.82. The highest BCUT2D eigenvalue weighted by Crippen LogP contribution is 2.19. The van der Waals surface area contributed by atoms with E-state index in [-0.39, 0.29) is 5.97 Å². The zero-order chi connectivity index (χ0) is 13.4. The minimum atomic E-state index is -0.192. The van der Waals surface area contributed by atoms with Gasteiger partial charge in [-0.1, -0.05) is 12.1 Å². The van der Waals surface area contributed by atoms with Gasteiger partial charge in [0.25, 0.3) is 0 Å². The van der Waals surface area contributed by atoms with Crippen molar-refractivity contribution in [1.29, 1.82) is 0 Å². The molecule has 0 N–H and O–H groups in total. The first-order valence-corrected chi connectivity index (χ1v) is 5.89. The topological polar surface area (TPSA) is 47.9 Å². The average molecular weight is 249 g/mol. The Morgan fingerprint density at radius 1 is 1.39 bits per heavy atom. The fourth-order valence-corrected chi connectivity index (χ4v) is 1.57. The third-order valence-electron chi connectivity index (χ3n) is 2.67. The van der Waals surface area contributed by atoms with Crippen LogP contribution in [0.5, 0.6) is 5.75 Å². The molecule has 0 spiro atoms. The van der Waals surface area contributed by atoms with Gasteiger partial charge in [-0.25, -0.2) is 0 Å². The van der Waals surface area contributed by atoms with Gasteiger partial charge in [-0.2, -0.15) is 0 Å². The van der Waals surface area contributed by atoms with E-state index in [4.69, 9.17) is 4.74 Å². The number of nitrogens with zero attached hydrogens (tertiary/aromatic N) is 1. The molecule has 0 aromatic heterocycles. The van der Waals surface area contributed by atoms with Crippen LogP contribution in [-0.4, -0.2) is 32.9 Å². The molecule has 18 heavy (non-hydrogen) atoms. The van der Waals surface area contributed by atoms with E-state index in [1.54, 1.807) is 7.11 Å². The summed E-state index contributed by atoms with van der Waals surface area (Å²) in [5, 5.41) is 0. The molecule has 1 aromatic rings. The standard InChI is InChI=1S/C14H19NO3/c1-11-12(6-4-7-13(11)17-2)10-15-9-5-8-14(16)18-3/h4,6-7,10H,5,8-9H2,1-3H3. The first kappa shape index (κ1) is 14.2. The van der Waals surface area contributed by atoms with Gasteiger partial charge in [0.1, 0.15) is 5.75 Å². The van der Waals surface area contributed by atoms with Crippen LogP contribution >= 0.6 is 0 Å². The smallest absolute Gasteiger partial charge is 0.305 e. The van der Waals surface area contributed by atoms with Crippen molar-refractivity contribution >= 4 is 12.2 Å². The van der Waals surface area contributed by atoms with Gasteiger partial charge in [0.05, 0.1) is 14.2 Å². The van der Waals surface area contributed by atoms with E-state index in [1.807, 2.05) is 31.3 Å². The summed E-state index contributed by atoms with van der Waals surface area (Å²) in [5.41, 5.74) is 2.10. The lowest BCUT2D eigenvalue weighted by Crippen LogP contribution is -2.00. The van der Waals surface area contributed by atoms with Gasteiger partial charge >= 0.3 is 5.97 Å². The molecule has 0 fully saturated rings. The van der Waals surface area contributed by atoms with Crippen molar-refractivity contribution in [2.75, 3.05) is 20.8 Å². The molecule has 0 atom stereocenters. The molecule has 0 aliphatic rings. The molecule has 0 saturated heterocycles. The highest BCUT2D eigenvalue weighted by atomic mass is 16.5. The number of rotatable bonds is 6. The van der Waals surface area contributed by atoms with E-state index in [2.05, 4.69) is 9.73 Å². The summed E-state index contributed by atoms with van der Waals surface area (Å²) in [6, 6.07) is 5.84. The predicted molar refractivity (Wildman–Crippen MR) is 71.4 cm³/mol. The Balaban J connectivity index is 2.49. The Labute approximate surface area is 108 Å². The first-order valence-electron chi connectivity index (χ1n) is 5.89. The Bertz CT molecular complexity index is 427.